The Morgan fingerprint density at radius 3 is 2.59 bits per heavy atom. The van der Waals surface area contributed by atoms with Crippen molar-refractivity contribution in [3.05, 3.63) is 66.9 Å². The topological polar surface area (TPSA) is 114 Å². The number of aliphatic hydroxyl groups excluding tert-OH is 1. The van der Waals surface area contributed by atoms with Crippen molar-refractivity contribution in [3.8, 4) is 17.3 Å². The Morgan fingerprint density at radius 2 is 1.94 bits per heavy atom. The monoisotopic (exact) mass is 428 g/mol. The van der Waals surface area contributed by atoms with Crippen molar-refractivity contribution in [1.82, 2.24) is 4.98 Å². The van der Waals surface area contributed by atoms with Crippen LogP contribution in [0.2, 0.25) is 0 Å². The molecule has 0 aliphatic carbocycles. The lowest BCUT2D eigenvalue weighted by Crippen LogP contribution is -2.27. The van der Waals surface area contributed by atoms with Crippen molar-refractivity contribution in [1.29, 1.82) is 5.26 Å². The maximum atomic E-state index is 11.7. The Labute approximate surface area is 186 Å². The number of aromatic nitrogens is 1. The number of rotatable bonds is 9. The van der Waals surface area contributed by atoms with Crippen LogP contribution in [0.4, 0.5) is 22.7 Å². The molecule has 0 bridgehead atoms. The highest BCUT2D eigenvalue weighted by atomic mass is 16.3. The largest absolute Gasteiger partial charge is 0.395 e. The summed E-state index contributed by atoms with van der Waals surface area (Å²) in [5, 5.41) is 29.6. The van der Waals surface area contributed by atoms with Crippen LogP contribution in [0, 0.1) is 11.3 Å². The first-order chi connectivity index (χ1) is 15.6. The van der Waals surface area contributed by atoms with Crippen molar-refractivity contribution < 1.29 is 9.90 Å². The Bertz CT molecular complexity index is 1110. The molecule has 162 valence electrons. The Hall–Kier alpha value is -4.09. The van der Waals surface area contributed by atoms with Gasteiger partial charge in [0.1, 0.15) is 5.69 Å². The average Bonchev–Trinajstić information content (AvgIpc) is 2.81. The number of aliphatic hydroxyl groups is 1. The van der Waals surface area contributed by atoms with Gasteiger partial charge in [-0.1, -0.05) is 18.2 Å². The predicted octanol–water partition coefficient (Wildman–Crippen LogP) is 4.83. The fourth-order valence-electron chi connectivity index (χ4n) is 3.12. The molecule has 2 aromatic carbocycles. The van der Waals surface area contributed by atoms with Crippen LogP contribution in [-0.2, 0) is 4.79 Å². The number of nitrogens with one attached hydrogen (secondary N) is 1. The molecule has 0 radical (unpaired) electrons. The second-order valence-corrected chi connectivity index (χ2v) is 6.96. The van der Waals surface area contributed by atoms with Crippen LogP contribution in [-0.4, -0.2) is 35.7 Å². The second-order valence-electron chi connectivity index (χ2n) is 6.96. The van der Waals surface area contributed by atoms with Gasteiger partial charge in [-0.2, -0.15) is 10.4 Å². The third-order valence-electron chi connectivity index (χ3n) is 4.62. The molecule has 2 N–H and O–H groups in total. The number of benzene rings is 2. The third kappa shape index (κ3) is 6.20. The quantitative estimate of drug-likeness (QED) is 0.474. The Kier molecular flexibility index (Phi) is 8.01. The molecule has 0 aliphatic heterocycles. The van der Waals surface area contributed by atoms with Gasteiger partial charge in [0, 0.05) is 37.5 Å². The zero-order valence-electron chi connectivity index (χ0n) is 17.8. The fraction of sp³-hybridized carbons (Fsp3) is 0.208. The molecule has 0 spiro atoms. The van der Waals surface area contributed by atoms with E-state index in [0.717, 1.165) is 16.9 Å². The van der Waals surface area contributed by atoms with Crippen molar-refractivity contribution in [2.24, 2.45) is 10.2 Å². The summed E-state index contributed by atoms with van der Waals surface area (Å²) >= 11 is 0. The van der Waals surface area contributed by atoms with Crippen LogP contribution in [0.5, 0.6) is 0 Å². The molecule has 1 aromatic heterocycles. The summed E-state index contributed by atoms with van der Waals surface area (Å²) in [7, 11) is 0. The maximum Gasteiger partial charge on any atom is 0.221 e. The summed E-state index contributed by atoms with van der Waals surface area (Å²) in [6.07, 6.45) is 2.07. The molecular weight excluding hydrogens is 404 g/mol. The van der Waals surface area contributed by atoms with E-state index >= 15 is 0 Å². The molecular formula is C24H24N6O2. The summed E-state index contributed by atoms with van der Waals surface area (Å²) in [6.45, 7) is 2.23. The molecule has 0 saturated heterocycles. The van der Waals surface area contributed by atoms with E-state index in [1.807, 2.05) is 53.4 Å². The van der Waals surface area contributed by atoms with Crippen LogP contribution in [0.15, 0.2) is 77.1 Å². The highest BCUT2D eigenvalue weighted by molar-refractivity contribution is 5.93. The van der Waals surface area contributed by atoms with E-state index in [9.17, 15) is 9.90 Å². The lowest BCUT2D eigenvalue weighted by atomic mass is 10.1. The van der Waals surface area contributed by atoms with Crippen LogP contribution in [0.1, 0.15) is 13.3 Å². The smallest absolute Gasteiger partial charge is 0.221 e. The molecule has 0 atom stereocenters. The number of azo groups is 1. The minimum Gasteiger partial charge on any atom is -0.395 e. The van der Waals surface area contributed by atoms with Crippen LogP contribution in [0.3, 0.4) is 0 Å². The molecule has 8 heteroatoms. The van der Waals surface area contributed by atoms with Crippen molar-refractivity contribution >= 4 is 28.7 Å². The molecule has 1 heterocycles. The SMILES string of the molecule is CC(=O)Nc1cc(N(CCO)CCC#N)ccc1N=Nc1ccc(-c2ccccn2)cc1. The zero-order valence-corrected chi connectivity index (χ0v) is 17.8. The zero-order chi connectivity index (χ0) is 22.8. The van der Waals surface area contributed by atoms with Gasteiger partial charge in [-0.25, -0.2) is 0 Å². The number of nitrogens with zero attached hydrogens (tertiary/aromatic N) is 5. The molecule has 32 heavy (non-hydrogen) atoms. The van der Waals surface area contributed by atoms with Gasteiger partial charge in [0.05, 0.1) is 36.2 Å². The maximum absolute atomic E-state index is 11.7. The van der Waals surface area contributed by atoms with E-state index in [0.29, 0.717) is 36.6 Å². The van der Waals surface area contributed by atoms with Gasteiger partial charge in [-0.3, -0.25) is 9.78 Å². The first-order valence-corrected chi connectivity index (χ1v) is 10.2. The van der Waals surface area contributed by atoms with E-state index in [1.54, 1.807) is 18.3 Å². The minimum absolute atomic E-state index is 0.0448. The lowest BCUT2D eigenvalue weighted by molar-refractivity contribution is -0.114. The average molecular weight is 428 g/mol. The Morgan fingerprint density at radius 1 is 1.12 bits per heavy atom. The van der Waals surface area contributed by atoms with Gasteiger partial charge in [-0.15, -0.1) is 5.11 Å². The van der Waals surface area contributed by atoms with Gasteiger partial charge >= 0.3 is 0 Å². The molecule has 0 unspecified atom stereocenters. The summed E-state index contributed by atoms with van der Waals surface area (Å²) in [5.41, 5.74) is 4.30. The number of hydrogen-bond donors (Lipinski definition) is 2. The second kappa shape index (κ2) is 11.3. The number of pyridine rings is 1. The van der Waals surface area contributed by atoms with Gasteiger partial charge in [-0.05, 0) is 42.5 Å². The van der Waals surface area contributed by atoms with E-state index in [4.69, 9.17) is 5.26 Å². The van der Waals surface area contributed by atoms with Crippen LogP contribution >= 0.6 is 0 Å². The minimum atomic E-state index is -0.232. The van der Waals surface area contributed by atoms with Crippen LogP contribution < -0.4 is 10.2 Å². The normalized spacial score (nSPS) is 10.7. The van der Waals surface area contributed by atoms with E-state index in [-0.39, 0.29) is 12.5 Å². The van der Waals surface area contributed by atoms with Crippen LogP contribution in [0.25, 0.3) is 11.3 Å². The first-order valence-electron chi connectivity index (χ1n) is 10.2. The van der Waals surface area contributed by atoms with Crippen molar-refractivity contribution in [2.75, 3.05) is 29.9 Å². The number of anilines is 2. The summed E-state index contributed by atoms with van der Waals surface area (Å²) in [4.78, 5) is 17.9. The molecule has 3 rings (SSSR count). The Balaban J connectivity index is 1.83. The third-order valence-corrected chi connectivity index (χ3v) is 4.62. The number of amides is 1. The fourth-order valence-corrected chi connectivity index (χ4v) is 3.12. The lowest BCUT2D eigenvalue weighted by Gasteiger charge is -2.23. The number of carbonyl (C=O) groups is 1. The molecule has 0 saturated carbocycles. The highest BCUT2D eigenvalue weighted by Crippen LogP contribution is 2.32. The molecule has 0 aliphatic rings. The van der Waals surface area contributed by atoms with Gasteiger partial charge < -0.3 is 15.3 Å². The van der Waals surface area contributed by atoms with Gasteiger partial charge in [0.25, 0.3) is 0 Å². The number of hydrogen-bond acceptors (Lipinski definition) is 7. The van der Waals surface area contributed by atoms with Crippen molar-refractivity contribution in [3.63, 3.8) is 0 Å². The molecule has 1 amide bonds. The van der Waals surface area contributed by atoms with Gasteiger partial charge in [0.15, 0.2) is 0 Å². The molecule has 3 aromatic rings. The predicted molar refractivity (Wildman–Crippen MR) is 124 cm³/mol. The van der Waals surface area contributed by atoms with Crippen molar-refractivity contribution in [2.45, 2.75) is 13.3 Å². The number of carbonyl (C=O) groups excluding carboxylic acids is 1. The van der Waals surface area contributed by atoms with E-state index in [2.05, 4.69) is 26.6 Å². The summed E-state index contributed by atoms with van der Waals surface area (Å²) in [6, 6.07) is 20.8. The molecule has 0 fully saturated rings. The van der Waals surface area contributed by atoms with E-state index in [1.165, 1.54) is 6.92 Å². The van der Waals surface area contributed by atoms with Gasteiger partial charge in [0.2, 0.25) is 5.91 Å². The summed E-state index contributed by atoms with van der Waals surface area (Å²) in [5.74, 6) is -0.232. The highest BCUT2D eigenvalue weighted by Gasteiger charge is 2.11. The first kappa shape index (κ1) is 22.6. The number of nitriles is 1. The van der Waals surface area contributed by atoms with E-state index < -0.39 is 0 Å². The molecule has 8 nitrogen and oxygen atoms in total. The summed E-state index contributed by atoms with van der Waals surface area (Å²) < 4.78 is 0. The standard InChI is InChI=1S/C24H24N6O2/c1-18(32)27-24-17-21(30(15-16-31)14-4-12-25)10-11-23(24)29-28-20-8-6-19(7-9-20)22-5-2-3-13-26-22/h2-3,5-11,13,17,31H,4,14-16H2,1H3,(H,27,32).